The number of hydrogen-bond acceptors (Lipinski definition) is 7. The summed E-state index contributed by atoms with van der Waals surface area (Å²) in [7, 11) is 0. The fourth-order valence-electron chi connectivity index (χ4n) is 3.96. The van der Waals surface area contributed by atoms with Gasteiger partial charge in [-0.2, -0.15) is 5.10 Å². The number of aliphatic imine (C=N–C) groups is 2. The lowest BCUT2D eigenvalue weighted by Crippen LogP contribution is -2.49. The van der Waals surface area contributed by atoms with Crippen molar-refractivity contribution < 1.29 is 13.6 Å². The van der Waals surface area contributed by atoms with E-state index in [1.807, 2.05) is 31.2 Å². The van der Waals surface area contributed by atoms with Gasteiger partial charge in [0.25, 0.3) is 5.91 Å². The number of fused-ring (bicyclic) bond motifs is 1. The first-order valence-corrected chi connectivity index (χ1v) is 12.1. The fourth-order valence-corrected chi connectivity index (χ4v) is 3.96. The van der Waals surface area contributed by atoms with Crippen molar-refractivity contribution in [3.63, 3.8) is 0 Å². The molecule has 1 aliphatic rings. The van der Waals surface area contributed by atoms with Crippen LogP contribution in [0.15, 0.2) is 70.9 Å². The first-order valence-electron chi connectivity index (χ1n) is 12.1. The Hall–Kier alpha value is -5.00. The lowest BCUT2D eigenvalue weighted by atomic mass is 10.1. The smallest absolute Gasteiger partial charge is 0.274 e. The van der Waals surface area contributed by atoms with E-state index in [1.165, 1.54) is 6.07 Å². The third kappa shape index (κ3) is 5.35. The third-order valence-corrected chi connectivity index (χ3v) is 6.30. The zero-order valence-corrected chi connectivity index (χ0v) is 21.2. The molecule has 2 atom stereocenters. The number of nitrogens with two attached hydrogens (primary N) is 1. The van der Waals surface area contributed by atoms with Crippen LogP contribution in [0.1, 0.15) is 31.0 Å². The summed E-state index contributed by atoms with van der Waals surface area (Å²) >= 11 is 0. The second-order valence-corrected chi connectivity index (χ2v) is 9.11. The highest BCUT2D eigenvalue weighted by Gasteiger charge is 2.27. The van der Waals surface area contributed by atoms with Crippen LogP contribution in [0.2, 0.25) is 0 Å². The molecule has 0 fully saturated rings. The minimum absolute atomic E-state index is 0.0606. The van der Waals surface area contributed by atoms with Crippen LogP contribution in [0.25, 0.3) is 22.4 Å². The summed E-state index contributed by atoms with van der Waals surface area (Å²) in [6.07, 6.45) is 1.63. The van der Waals surface area contributed by atoms with Crippen LogP contribution in [0.3, 0.4) is 0 Å². The summed E-state index contributed by atoms with van der Waals surface area (Å²) < 4.78 is 27.0. The minimum atomic E-state index is -0.987. The number of hydrogen-bond donors (Lipinski definition) is 4. The quantitative estimate of drug-likeness (QED) is 0.300. The van der Waals surface area contributed by atoms with Crippen molar-refractivity contribution in [1.82, 2.24) is 30.8 Å². The molecule has 12 heteroatoms. The Morgan fingerprint density at radius 2 is 1.97 bits per heavy atom. The Bertz CT molecular complexity index is 1640. The molecule has 2 aromatic carbocycles. The van der Waals surface area contributed by atoms with Gasteiger partial charge < -0.3 is 16.4 Å². The Morgan fingerprint density at radius 3 is 2.72 bits per heavy atom. The molecule has 4 aromatic rings. The van der Waals surface area contributed by atoms with Crippen LogP contribution in [-0.2, 0) is 11.3 Å². The molecule has 0 aliphatic carbocycles. The number of nitrogens with one attached hydrogen (secondary N) is 3. The van der Waals surface area contributed by atoms with Crippen LogP contribution >= 0.6 is 0 Å². The van der Waals surface area contributed by atoms with Crippen molar-refractivity contribution in [2.24, 2.45) is 9.98 Å². The maximum absolute atomic E-state index is 13.7. The number of aromatic nitrogens is 4. The number of rotatable bonds is 6. The number of carbonyl (C=O) groups excluding carboxylic acids is 1. The van der Waals surface area contributed by atoms with E-state index in [4.69, 9.17) is 5.73 Å². The molecule has 5 N–H and O–H groups in total. The molecule has 1 amide bonds. The van der Waals surface area contributed by atoms with Gasteiger partial charge in [0.15, 0.2) is 28.7 Å². The van der Waals surface area contributed by atoms with Crippen LogP contribution < -0.4 is 16.4 Å². The average molecular weight is 530 g/mol. The monoisotopic (exact) mass is 529 g/mol. The van der Waals surface area contributed by atoms with E-state index in [0.29, 0.717) is 39.8 Å². The molecule has 198 valence electrons. The van der Waals surface area contributed by atoms with Gasteiger partial charge in [0.05, 0.1) is 36.2 Å². The SMILES string of the molecule is C=C1N=C(C(=O)NC(C)c2ccc(F)c(F)c2)C(=NCc2ccc(-c3cnc4n[nH]c(N)c4n3)cc2)NC1C. The van der Waals surface area contributed by atoms with Crippen molar-refractivity contribution >= 4 is 34.4 Å². The number of halogens is 2. The molecule has 0 bridgehead atoms. The lowest BCUT2D eigenvalue weighted by molar-refractivity contribution is -0.115. The van der Waals surface area contributed by atoms with Gasteiger partial charge in [-0.25, -0.2) is 23.7 Å². The predicted octanol–water partition coefficient (Wildman–Crippen LogP) is 3.60. The first kappa shape index (κ1) is 25.6. The number of aromatic amines is 1. The van der Waals surface area contributed by atoms with Gasteiger partial charge in [-0.3, -0.25) is 14.9 Å². The summed E-state index contributed by atoms with van der Waals surface area (Å²) in [4.78, 5) is 30.9. The first-order chi connectivity index (χ1) is 18.7. The van der Waals surface area contributed by atoms with Gasteiger partial charge in [0.2, 0.25) is 5.65 Å². The molecule has 3 heterocycles. The summed E-state index contributed by atoms with van der Waals surface area (Å²) in [5.74, 6) is -1.80. The molecular formula is C27H25F2N9O. The van der Waals surface area contributed by atoms with E-state index >= 15 is 0 Å². The van der Waals surface area contributed by atoms with Crippen LogP contribution in [0, 0.1) is 11.6 Å². The number of amides is 1. The maximum atomic E-state index is 13.7. The highest BCUT2D eigenvalue weighted by Crippen LogP contribution is 2.22. The summed E-state index contributed by atoms with van der Waals surface area (Å²) in [5.41, 5.74) is 10.1. The Morgan fingerprint density at radius 1 is 1.21 bits per heavy atom. The maximum Gasteiger partial charge on any atom is 0.274 e. The van der Waals surface area contributed by atoms with Crippen LogP contribution in [0.4, 0.5) is 14.6 Å². The number of benzene rings is 2. The molecule has 2 aromatic heterocycles. The number of anilines is 1. The van der Waals surface area contributed by atoms with Crippen molar-refractivity contribution in [3.05, 3.63) is 83.7 Å². The number of nitrogen functional groups attached to an aromatic ring is 1. The van der Waals surface area contributed by atoms with Crippen molar-refractivity contribution in [1.29, 1.82) is 0 Å². The van der Waals surface area contributed by atoms with Gasteiger partial charge in [0.1, 0.15) is 5.82 Å². The Labute approximate surface area is 222 Å². The number of H-pyrrole nitrogens is 1. The predicted molar refractivity (Wildman–Crippen MR) is 145 cm³/mol. The van der Waals surface area contributed by atoms with Crippen LogP contribution in [0.5, 0.6) is 0 Å². The zero-order chi connectivity index (χ0) is 27.7. The van der Waals surface area contributed by atoms with Crippen molar-refractivity contribution in [2.45, 2.75) is 32.5 Å². The molecular weight excluding hydrogens is 504 g/mol. The standard InChI is InChI=1S/C27H25F2N9O/c1-13-14(2)34-25(23(33-13)27(39)35-15(3)18-8-9-19(28)20(29)10-18)31-11-16-4-6-17(7-5-16)21-12-32-26-22(36-21)24(30)37-38-26/h4-10,12,14-15H,1,11H2,2-3H3,(H,31,34)(H,35,39)(H3,30,32,37,38). The molecule has 0 spiro atoms. The van der Waals surface area contributed by atoms with Gasteiger partial charge in [-0.15, -0.1) is 0 Å². The molecule has 1 aliphatic heterocycles. The minimum Gasteiger partial charge on any atom is -0.382 e. The van der Waals surface area contributed by atoms with E-state index in [-0.39, 0.29) is 18.3 Å². The molecule has 5 rings (SSSR count). The molecule has 2 unspecified atom stereocenters. The Balaban J connectivity index is 1.32. The third-order valence-electron chi connectivity index (χ3n) is 6.30. The van der Waals surface area contributed by atoms with E-state index in [1.54, 1.807) is 13.1 Å². The summed E-state index contributed by atoms with van der Waals surface area (Å²) in [6, 6.07) is 10.2. The highest BCUT2D eigenvalue weighted by molar-refractivity contribution is 6.67. The van der Waals surface area contributed by atoms with E-state index in [2.05, 4.69) is 47.4 Å². The van der Waals surface area contributed by atoms with E-state index < -0.39 is 23.6 Å². The van der Waals surface area contributed by atoms with E-state index in [0.717, 1.165) is 23.3 Å². The fraction of sp³-hybridized carbons (Fsp3) is 0.185. The molecule has 0 saturated heterocycles. The van der Waals surface area contributed by atoms with Gasteiger partial charge in [-0.1, -0.05) is 36.9 Å². The lowest BCUT2D eigenvalue weighted by Gasteiger charge is -2.25. The van der Waals surface area contributed by atoms with Gasteiger partial charge in [-0.05, 0) is 37.1 Å². The molecule has 0 radical (unpaired) electrons. The Kier molecular flexibility index (Phi) is 6.84. The largest absolute Gasteiger partial charge is 0.382 e. The number of carbonyl (C=O) groups is 1. The topological polar surface area (TPSA) is 146 Å². The van der Waals surface area contributed by atoms with E-state index in [9.17, 15) is 13.6 Å². The zero-order valence-electron chi connectivity index (χ0n) is 21.2. The molecule has 39 heavy (non-hydrogen) atoms. The average Bonchev–Trinajstić information content (AvgIpc) is 3.30. The summed E-state index contributed by atoms with van der Waals surface area (Å²) in [6.45, 7) is 7.70. The van der Waals surface area contributed by atoms with Gasteiger partial charge >= 0.3 is 0 Å². The van der Waals surface area contributed by atoms with Crippen LogP contribution in [-0.4, -0.2) is 43.7 Å². The highest BCUT2D eigenvalue weighted by atomic mass is 19.2. The second kappa shape index (κ2) is 10.4. The summed E-state index contributed by atoms with van der Waals surface area (Å²) in [5, 5.41) is 12.6. The van der Waals surface area contributed by atoms with Gasteiger partial charge in [0, 0.05) is 5.56 Å². The molecule has 10 nitrogen and oxygen atoms in total. The number of nitrogens with zero attached hydrogens (tertiary/aromatic N) is 5. The van der Waals surface area contributed by atoms with Crippen molar-refractivity contribution in [3.8, 4) is 11.3 Å². The molecule has 0 saturated carbocycles. The second-order valence-electron chi connectivity index (χ2n) is 9.11. The normalized spacial score (nSPS) is 17.1. The van der Waals surface area contributed by atoms with Crippen molar-refractivity contribution in [2.75, 3.05) is 5.73 Å². The number of amidine groups is 1.